The summed E-state index contributed by atoms with van der Waals surface area (Å²) in [5.41, 5.74) is 7.04. The predicted molar refractivity (Wildman–Crippen MR) is 76.2 cm³/mol. The van der Waals surface area contributed by atoms with Crippen LogP contribution in [0.3, 0.4) is 0 Å². The van der Waals surface area contributed by atoms with Crippen LogP contribution in [0.5, 0.6) is 0 Å². The van der Waals surface area contributed by atoms with Crippen LogP contribution in [0.4, 0.5) is 11.4 Å². The lowest BCUT2D eigenvalue weighted by Crippen LogP contribution is -2.18. The first-order valence-corrected chi connectivity index (χ1v) is 6.81. The fourth-order valence-corrected chi connectivity index (χ4v) is 2.07. The highest BCUT2D eigenvalue weighted by Gasteiger charge is 2.11. The minimum atomic E-state index is 0.000370. The Balaban J connectivity index is 2.43. The van der Waals surface area contributed by atoms with Gasteiger partial charge < -0.3 is 11.1 Å². The van der Waals surface area contributed by atoms with E-state index in [4.69, 9.17) is 5.73 Å². The third-order valence-corrected chi connectivity index (χ3v) is 4.15. The summed E-state index contributed by atoms with van der Waals surface area (Å²) >= 11 is 1.66. The Morgan fingerprint density at radius 3 is 2.59 bits per heavy atom. The van der Waals surface area contributed by atoms with Gasteiger partial charge in [0.05, 0.1) is 17.1 Å². The summed E-state index contributed by atoms with van der Waals surface area (Å²) in [6.45, 7) is 6.45. The molecule has 0 fully saturated rings. The molecule has 0 spiro atoms. The Morgan fingerprint density at radius 1 is 1.35 bits per heavy atom. The average Bonchev–Trinajstić information content (AvgIpc) is 2.29. The number of rotatable bonds is 5. The molecule has 0 heterocycles. The van der Waals surface area contributed by atoms with Gasteiger partial charge in [-0.25, -0.2) is 0 Å². The molecule has 3 N–H and O–H groups in total. The van der Waals surface area contributed by atoms with E-state index in [1.54, 1.807) is 17.8 Å². The van der Waals surface area contributed by atoms with Gasteiger partial charge in [-0.3, -0.25) is 4.79 Å². The van der Waals surface area contributed by atoms with E-state index in [-0.39, 0.29) is 5.91 Å². The van der Waals surface area contributed by atoms with Crippen molar-refractivity contribution in [2.75, 3.05) is 16.8 Å². The Bertz CT molecular complexity index is 379. The fraction of sp³-hybridized carbons (Fsp3) is 0.462. The number of nitrogens with two attached hydrogens (primary N) is 1. The zero-order chi connectivity index (χ0) is 12.8. The molecule has 0 aliphatic heterocycles. The molecule has 1 rings (SSSR count). The Kier molecular flexibility index (Phi) is 5.35. The van der Waals surface area contributed by atoms with Crippen molar-refractivity contribution in [3.8, 4) is 0 Å². The van der Waals surface area contributed by atoms with Gasteiger partial charge in [0.2, 0.25) is 5.91 Å². The molecule has 1 aromatic rings. The van der Waals surface area contributed by atoms with Crippen molar-refractivity contribution < 1.29 is 4.79 Å². The molecule has 1 amide bonds. The van der Waals surface area contributed by atoms with Crippen molar-refractivity contribution in [1.29, 1.82) is 0 Å². The normalized spacial score (nSPS) is 12.5. The first-order valence-electron chi connectivity index (χ1n) is 5.76. The molecule has 3 nitrogen and oxygen atoms in total. The highest BCUT2D eigenvalue weighted by Crippen LogP contribution is 2.20. The van der Waals surface area contributed by atoms with Gasteiger partial charge in [-0.05, 0) is 18.1 Å². The predicted octanol–water partition coefficient (Wildman–Crippen LogP) is 2.99. The van der Waals surface area contributed by atoms with Crippen molar-refractivity contribution in [3.05, 3.63) is 24.3 Å². The number of hydrogen-bond acceptors (Lipinski definition) is 3. The number of thioether (sulfide) groups is 1. The van der Waals surface area contributed by atoms with E-state index < -0.39 is 0 Å². The van der Waals surface area contributed by atoms with Crippen LogP contribution in [0.2, 0.25) is 0 Å². The lowest BCUT2D eigenvalue weighted by atomic mass is 10.2. The Hall–Kier alpha value is -1.16. The van der Waals surface area contributed by atoms with E-state index in [1.807, 2.05) is 18.2 Å². The lowest BCUT2D eigenvalue weighted by Gasteiger charge is -2.14. The summed E-state index contributed by atoms with van der Waals surface area (Å²) in [7, 11) is 0. The summed E-state index contributed by atoms with van der Waals surface area (Å²) in [5.74, 6) is 1.04. The zero-order valence-corrected chi connectivity index (χ0v) is 11.4. The zero-order valence-electron chi connectivity index (χ0n) is 10.6. The number of carbonyl (C=O) groups excluding carboxylic acids is 1. The minimum Gasteiger partial charge on any atom is -0.397 e. The third-order valence-electron chi connectivity index (χ3n) is 2.65. The number of nitrogen functional groups attached to an aromatic ring is 1. The van der Waals surface area contributed by atoms with Crippen molar-refractivity contribution in [3.63, 3.8) is 0 Å². The average molecular weight is 252 g/mol. The van der Waals surface area contributed by atoms with E-state index in [0.717, 1.165) is 0 Å². The maximum atomic E-state index is 11.7. The molecule has 0 aliphatic rings. The number of amides is 1. The van der Waals surface area contributed by atoms with Gasteiger partial charge in [0, 0.05) is 5.25 Å². The van der Waals surface area contributed by atoms with Crippen LogP contribution < -0.4 is 11.1 Å². The van der Waals surface area contributed by atoms with E-state index in [2.05, 4.69) is 26.1 Å². The molecule has 1 aromatic carbocycles. The summed E-state index contributed by atoms with van der Waals surface area (Å²) in [5, 5.41) is 3.30. The van der Waals surface area contributed by atoms with Crippen molar-refractivity contribution in [2.45, 2.75) is 26.0 Å². The first kappa shape index (κ1) is 13.9. The molecule has 0 saturated carbocycles. The topological polar surface area (TPSA) is 55.1 Å². The van der Waals surface area contributed by atoms with Crippen molar-refractivity contribution in [1.82, 2.24) is 0 Å². The van der Waals surface area contributed by atoms with Gasteiger partial charge in [0.15, 0.2) is 0 Å². The van der Waals surface area contributed by atoms with Crippen LogP contribution in [0.1, 0.15) is 20.8 Å². The number of para-hydroxylation sites is 2. The molecule has 0 saturated heterocycles. The van der Waals surface area contributed by atoms with Crippen LogP contribution in [-0.2, 0) is 4.79 Å². The van der Waals surface area contributed by atoms with Crippen LogP contribution in [0.15, 0.2) is 24.3 Å². The second kappa shape index (κ2) is 6.55. The summed E-state index contributed by atoms with van der Waals surface area (Å²) in [6, 6.07) is 7.29. The van der Waals surface area contributed by atoms with E-state index in [0.29, 0.717) is 28.3 Å². The molecule has 0 aliphatic carbocycles. The minimum absolute atomic E-state index is 0.000370. The summed E-state index contributed by atoms with van der Waals surface area (Å²) < 4.78 is 0. The molecule has 0 aromatic heterocycles. The maximum absolute atomic E-state index is 11.7. The first-order chi connectivity index (χ1) is 8.00. The van der Waals surface area contributed by atoms with Gasteiger partial charge in [0.25, 0.3) is 0 Å². The number of nitrogens with one attached hydrogen (secondary N) is 1. The van der Waals surface area contributed by atoms with Crippen molar-refractivity contribution in [2.24, 2.45) is 5.92 Å². The molecule has 1 unspecified atom stereocenters. The summed E-state index contributed by atoms with van der Waals surface area (Å²) in [6.07, 6.45) is 0. The highest BCUT2D eigenvalue weighted by atomic mass is 32.2. The molecule has 17 heavy (non-hydrogen) atoms. The molecular weight excluding hydrogens is 232 g/mol. The van der Waals surface area contributed by atoms with Crippen LogP contribution in [-0.4, -0.2) is 16.9 Å². The maximum Gasteiger partial charge on any atom is 0.234 e. The smallest absolute Gasteiger partial charge is 0.234 e. The fourth-order valence-electron chi connectivity index (χ4n) is 1.20. The Morgan fingerprint density at radius 2 is 2.00 bits per heavy atom. The molecular formula is C13H20N2OS. The quantitative estimate of drug-likeness (QED) is 0.792. The molecule has 94 valence electrons. The number of carbonyl (C=O) groups is 1. The second-order valence-electron chi connectivity index (χ2n) is 4.40. The third kappa shape index (κ3) is 4.69. The largest absolute Gasteiger partial charge is 0.397 e. The second-order valence-corrected chi connectivity index (χ2v) is 5.76. The van der Waals surface area contributed by atoms with Gasteiger partial charge in [-0.15, -0.1) is 11.8 Å². The molecule has 1 atom stereocenters. The summed E-state index contributed by atoms with van der Waals surface area (Å²) in [4.78, 5) is 11.7. The Labute approximate surface area is 107 Å². The standard InChI is InChI=1S/C13H20N2OS/c1-9(2)10(3)17-8-13(16)15-12-7-5-4-6-11(12)14/h4-7,9-10H,8,14H2,1-3H3,(H,15,16). The molecule has 0 bridgehead atoms. The van der Waals surface area contributed by atoms with Crippen LogP contribution in [0.25, 0.3) is 0 Å². The van der Waals surface area contributed by atoms with Crippen LogP contribution in [0, 0.1) is 5.92 Å². The monoisotopic (exact) mass is 252 g/mol. The van der Waals surface area contributed by atoms with Gasteiger partial charge >= 0.3 is 0 Å². The van der Waals surface area contributed by atoms with Crippen LogP contribution >= 0.6 is 11.8 Å². The SMILES string of the molecule is CC(C)C(C)SCC(=O)Nc1ccccc1N. The van der Waals surface area contributed by atoms with E-state index in [1.165, 1.54) is 0 Å². The van der Waals surface area contributed by atoms with Crippen molar-refractivity contribution >= 4 is 29.0 Å². The molecule has 4 heteroatoms. The number of benzene rings is 1. The molecule has 0 radical (unpaired) electrons. The number of anilines is 2. The van der Waals surface area contributed by atoms with E-state index in [9.17, 15) is 4.79 Å². The van der Waals surface area contributed by atoms with Gasteiger partial charge in [0.1, 0.15) is 0 Å². The number of hydrogen-bond donors (Lipinski definition) is 2. The van der Waals surface area contributed by atoms with E-state index >= 15 is 0 Å². The lowest BCUT2D eigenvalue weighted by molar-refractivity contribution is -0.113. The van der Waals surface area contributed by atoms with Gasteiger partial charge in [-0.1, -0.05) is 32.9 Å². The van der Waals surface area contributed by atoms with Gasteiger partial charge in [-0.2, -0.15) is 0 Å². The highest BCUT2D eigenvalue weighted by molar-refractivity contribution is 8.00.